The van der Waals surface area contributed by atoms with E-state index in [9.17, 15) is 0 Å². The van der Waals surface area contributed by atoms with E-state index in [0.717, 1.165) is 38.4 Å². The molecule has 0 amide bonds. The number of nitrogens with zero attached hydrogens (tertiary/aromatic N) is 3. The lowest BCUT2D eigenvalue weighted by atomic mass is 10.0. The lowest BCUT2D eigenvalue weighted by Gasteiger charge is -2.05. The Morgan fingerprint density at radius 3 is 2.06 bits per heavy atom. The van der Waals surface area contributed by atoms with Gasteiger partial charge >= 0.3 is 0 Å². The highest BCUT2D eigenvalue weighted by molar-refractivity contribution is 6.29. The third-order valence-corrected chi connectivity index (χ3v) is 5.81. The van der Waals surface area contributed by atoms with Crippen LogP contribution in [0.1, 0.15) is 0 Å². The molecule has 0 saturated heterocycles. The summed E-state index contributed by atoms with van der Waals surface area (Å²) in [7, 11) is 0. The fourth-order valence-corrected chi connectivity index (χ4v) is 4.21. The largest absolute Gasteiger partial charge is 0.452 e. The topological polar surface area (TPSA) is 43.3 Å². The minimum absolute atomic E-state index is 0.183. The molecule has 0 radical (unpaired) electrons. The van der Waals surface area contributed by atoms with Crippen LogP contribution in [0.4, 0.5) is 5.69 Å². The summed E-state index contributed by atoms with van der Waals surface area (Å²) in [5, 5.41) is 3.32. The summed E-state index contributed by atoms with van der Waals surface area (Å²) in [6.07, 6.45) is 0. The molecule has 2 aromatic heterocycles. The fourth-order valence-electron chi connectivity index (χ4n) is 4.05. The van der Waals surface area contributed by atoms with E-state index in [1.807, 2.05) is 66.7 Å². The zero-order valence-corrected chi connectivity index (χ0v) is 17.5. The lowest BCUT2D eigenvalue weighted by molar-refractivity contribution is 0.667. The van der Waals surface area contributed by atoms with E-state index < -0.39 is 0 Å². The fraction of sp³-hybridized carbons (Fsp3) is 0. The van der Waals surface area contributed by atoms with Crippen molar-refractivity contribution in [2.75, 3.05) is 0 Å². The highest BCUT2D eigenvalue weighted by atomic mass is 35.5. The first kappa shape index (κ1) is 18.6. The molecule has 4 nitrogen and oxygen atoms in total. The summed E-state index contributed by atoms with van der Waals surface area (Å²) in [6.45, 7) is 7.10. The summed E-state index contributed by atoms with van der Waals surface area (Å²) in [5.41, 5.74) is 6.37. The molecule has 0 N–H and O–H groups in total. The SMILES string of the molecule is [C-]#[N+]c1ccc(-c2ccc(-c3nc(Cl)nc4c3oc3cc5ccccc5cc34)cc2)cc1. The van der Waals surface area contributed by atoms with Crippen molar-refractivity contribution >= 4 is 50.1 Å². The van der Waals surface area contributed by atoms with Crippen molar-refractivity contribution in [3.8, 4) is 22.4 Å². The highest BCUT2D eigenvalue weighted by Gasteiger charge is 2.17. The number of hydrogen-bond acceptors (Lipinski definition) is 3. The minimum atomic E-state index is 0.183. The van der Waals surface area contributed by atoms with E-state index in [-0.39, 0.29) is 5.28 Å². The summed E-state index contributed by atoms with van der Waals surface area (Å²) in [4.78, 5) is 12.4. The molecule has 0 saturated carbocycles. The number of halogens is 1. The van der Waals surface area contributed by atoms with Gasteiger partial charge in [-0.2, -0.15) is 0 Å². The van der Waals surface area contributed by atoms with E-state index >= 15 is 0 Å². The van der Waals surface area contributed by atoms with Crippen LogP contribution >= 0.6 is 11.6 Å². The van der Waals surface area contributed by atoms with E-state index in [1.165, 1.54) is 0 Å². The van der Waals surface area contributed by atoms with E-state index in [0.29, 0.717) is 22.5 Å². The van der Waals surface area contributed by atoms with Crippen LogP contribution in [0.3, 0.4) is 0 Å². The molecule has 150 valence electrons. The van der Waals surface area contributed by atoms with E-state index in [4.69, 9.17) is 22.6 Å². The second kappa shape index (κ2) is 7.19. The molecule has 2 heterocycles. The Morgan fingerprint density at radius 2 is 1.38 bits per heavy atom. The number of furan rings is 1. The van der Waals surface area contributed by atoms with Crippen LogP contribution in [0.5, 0.6) is 0 Å². The molecule has 6 aromatic rings. The number of rotatable bonds is 2. The van der Waals surface area contributed by atoms with Gasteiger partial charge in [0.25, 0.3) is 0 Å². The number of fused-ring (bicyclic) bond motifs is 4. The van der Waals surface area contributed by atoms with Crippen LogP contribution in [0, 0.1) is 6.57 Å². The average Bonchev–Trinajstić information content (AvgIpc) is 3.19. The Hall–Kier alpha value is -4.20. The van der Waals surface area contributed by atoms with Crippen LogP contribution < -0.4 is 0 Å². The van der Waals surface area contributed by atoms with Crippen molar-refractivity contribution < 1.29 is 4.42 Å². The predicted octanol–water partition coefficient (Wildman–Crippen LogP) is 8.07. The van der Waals surface area contributed by atoms with Crippen LogP contribution in [-0.2, 0) is 0 Å². The monoisotopic (exact) mass is 431 g/mol. The van der Waals surface area contributed by atoms with Gasteiger partial charge in [-0.1, -0.05) is 72.8 Å². The Kier molecular flexibility index (Phi) is 4.17. The molecule has 5 heteroatoms. The van der Waals surface area contributed by atoms with Crippen LogP contribution in [0.2, 0.25) is 5.28 Å². The van der Waals surface area contributed by atoms with Gasteiger partial charge in [0.05, 0.1) is 6.57 Å². The van der Waals surface area contributed by atoms with Gasteiger partial charge in [-0.15, -0.1) is 0 Å². The normalized spacial score (nSPS) is 11.2. The molecule has 0 aliphatic carbocycles. The second-order valence-electron chi connectivity index (χ2n) is 7.55. The van der Waals surface area contributed by atoms with Gasteiger partial charge in [0.1, 0.15) is 16.8 Å². The van der Waals surface area contributed by atoms with Gasteiger partial charge in [-0.3, -0.25) is 0 Å². The smallest absolute Gasteiger partial charge is 0.223 e. The maximum Gasteiger partial charge on any atom is 0.223 e. The van der Waals surface area contributed by atoms with Crippen molar-refractivity contribution in [1.29, 1.82) is 0 Å². The van der Waals surface area contributed by atoms with Gasteiger partial charge in [0, 0.05) is 10.9 Å². The molecule has 0 spiro atoms. The molecule has 6 rings (SSSR count). The Bertz CT molecular complexity index is 1680. The van der Waals surface area contributed by atoms with Gasteiger partial charge < -0.3 is 4.42 Å². The lowest BCUT2D eigenvalue weighted by Crippen LogP contribution is -1.89. The Labute approximate surface area is 188 Å². The van der Waals surface area contributed by atoms with Crippen molar-refractivity contribution in [1.82, 2.24) is 9.97 Å². The Balaban J connectivity index is 1.50. The first-order valence-corrected chi connectivity index (χ1v) is 10.4. The molecule has 0 unspecified atom stereocenters. The van der Waals surface area contributed by atoms with Crippen molar-refractivity contribution in [2.45, 2.75) is 0 Å². The third-order valence-electron chi connectivity index (χ3n) is 5.64. The molecular formula is C27H14ClN3O. The van der Waals surface area contributed by atoms with E-state index in [2.05, 4.69) is 33.0 Å². The van der Waals surface area contributed by atoms with Gasteiger partial charge in [0.2, 0.25) is 5.28 Å². The maximum atomic E-state index is 7.10. The average molecular weight is 432 g/mol. The molecule has 0 atom stereocenters. The summed E-state index contributed by atoms with van der Waals surface area (Å²) < 4.78 is 6.23. The summed E-state index contributed by atoms with van der Waals surface area (Å²) in [6, 6.07) is 27.9. The molecule has 0 fully saturated rings. The van der Waals surface area contributed by atoms with Crippen LogP contribution in [0.25, 0.3) is 60.1 Å². The second-order valence-corrected chi connectivity index (χ2v) is 7.89. The minimum Gasteiger partial charge on any atom is -0.452 e. The quantitative estimate of drug-likeness (QED) is 0.205. The standard InChI is InChI=1S/C27H14ClN3O/c1-29-21-12-10-17(11-13-21)16-6-8-18(9-7-16)24-26-25(31-27(28)30-24)22-14-19-4-2-3-5-20(19)15-23(22)32-26/h2-15H. The zero-order chi connectivity index (χ0) is 21.7. The summed E-state index contributed by atoms with van der Waals surface area (Å²) in [5.74, 6) is 0. The zero-order valence-electron chi connectivity index (χ0n) is 16.7. The van der Waals surface area contributed by atoms with Gasteiger partial charge in [-0.05, 0) is 45.6 Å². The molecule has 0 aliphatic heterocycles. The van der Waals surface area contributed by atoms with Crippen LogP contribution in [0.15, 0.2) is 89.3 Å². The summed E-state index contributed by atoms with van der Waals surface area (Å²) >= 11 is 6.32. The number of hydrogen-bond donors (Lipinski definition) is 0. The van der Waals surface area contributed by atoms with E-state index in [1.54, 1.807) is 0 Å². The molecular weight excluding hydrogens is 418 g/mol. The molecule has 0 bridgehead atoms. The van der Waals surface area contributed by atoms with Crippen molar-refractivity contribution in [3.63, 3.8) is 0 Å². The predicted molar refractivity (Wildman–Crippen MR) is 129 cm³/mol. The molecule has 0 aliphatic rings. The third kappa shape index (κ3) is 2.99. The first-order chi connectivity index (χ1) is 15.7. The van der Waals surface area contributed by atoms with Crippen molar-refractivity contribution in [2.24, 2.45) is 0 Å². The number of aromatic nitrogens is 2. The van der Waals surface area contributed by atoms with Gasteiger partial charge in [0.15, 0.2) is 11.3 Å². The van der Waals surface area contributed by atoms with Crippen molar-refractivity contribution in [3.05, 3.63) is 102 Å². The maximum absolute atomic E-state index is 7.10. The highest BCUT2D eigenvalue weighted by Crippen LogP contribution is 2.37. The van der Waals surface area contributed by atoms with Gasteiger partial charge in [-0.25, -0.2) is 14.8 Å². The molecule has 32 heavy (non-hydrogen) atoms. The Morgan fingerprint density at radius 1 is 0.750 bits per heavy atom. The molecule has 4 aromatic carbocycles. The number of benzene rings is 4. The van der Waals surface area contributed by atoms with Crippen LogP contribution in [-0.4, -0.2) is 9.97 Å². The first-order valence-electron chi connectivity index (χ1n) is 10.1.